The van der Waals surface area contributed by atoms with Gasteiger partial charge in [0.05, 0.1) is 23.3 Å². The van der Waals surface area contributed by atoms with E-state index in [1.165, 1.54) is 24.1 Å². The number of hydrogen-bond donors (Lipinski definition) is 0. The Morgan fingerprint density at radius 3 is 2.68 bits per heavy atom. The van der Waals surface area contributed by atoms with Crippen LogP contribution in [0, 0.1) is 0 Å². The Hall–Kier alpha value is -1.55. The first-order valence-corrected chi connectivity index (χ1v) is 10.2. The summed E-state index contributed by atoms with van der Waals surface area (Å²) in [5.41, 5.74) is 0.543. The molecule has 0 saturated carbocycles. The van der Waals surface area contributed by atoms with E-state index < -0.39 is 10.1 Å². The van der Waals surface area contributed by atoms with Gasteiger partial charge < -0.3 is 8.92 Å². The Morgan fingerprint density at radius 2 is 2.12 bits per heavy atom. The molecule has 0 unspecified atom stereocenters. The Morgan fingerprint density at radius 1 is 1.44 bits per heavy atom. The highest BCUT2D eigenvalue weighted by molar-refractivity contribution is 8.26. The molecule has 134 valence electrons. The zero-order valence-corrected chi connectivity index (χ0v) is 16.5. The lowest BCUT2D eigenvalue weighted by molar-refractivity contribution is -0.121. The lowest BCUT2D eigenvalue weighted by Crippen LogP contribution is -2.27. The Bertz CT molecular complexity index is 879. The molecule has 0 N–H and O–H groups in total. The fourth-order valence-electron chi connectivity index (χ4n) is 1.99. The number of benzene rings is 1. The lowest BCUT2D eigenvalue weighted by Gasteiger charge is -2.12. The van der Waals surface area contributed by atoms with E-state index in [0.717, 1.165) is 18.0 Å². The summed E-state index contributed by atoms with van der Waals surface area (Å²) in [6, 6.07) is 3.00. The van der Waals surface area contributed by atoms with Crippen molar-refractivity contribution in [2.75, 3.05) is 19.9 Å². The zero-order valence-electron chi connectivity index (χ0n) is 13.3. The normalized spacial score (nSPS) is 16.4. The summed E-state index contributed by atoms with van der Waals surface area (Å²) in [6.07, 6.45) is 4.09. The summed E-state index contributed by atoms with van der Waals surface area (Å²) in [7, 11) is -2.41. The number of carbonyl (C=O) groups is 1. The molecule has 0 radical (unpaired) electrons. The van der Waals surface area contributed by atoms with Crippen LogP contribution >= 0.6 is 35.6 Å². The third-order valence-corrected chi connectivity index (χ3v) is 5.10. The minimum absolute atomic E-state index is 0.0394. The molecule has 6 nitrogen and oxygen atoms in total. The Balaban J connectivity index is 2.41. The van der Waals surface area contributed by atoms with Gasteiger partial charge in [0.15, 0.2) is 5.75 Å². The Labute approximate surface area is 160 Å². The molecule has 1 amide bonds. The van der Waals surface area contributed by atoms with Gasteiger partial charge in [0, 0.05) is 6.54 Å². The van der Waals surface area contributed by atoms with Gasteiger partial charge >= 0.3 is 10.1 Å². The fraction of sp³-hybridized carbons (Fsp3) is 0.200. The van der Waals surface area contributed by atoms with Crippen molar-refractivity contribution < 1.29 is 22.1 Å². The van der Waals surface area contributed by atoms with Gasteiger partial charge in [-0.3, -0.25) is 9.69 Å². The van der Waals surface area contributed by atoms with E-state index in [9.17, 15) is 13.2 Å². The Kier molecular flexibility index (Phi) is 6.15. The summed E-state index contributed by atoms with van der Waals surface area (Å²) < 4.78 is 33.1. The van der Waals surface area contributed by atoms with Crippen molar-refractivity contribution in [1.82, 2.24) is 4.90 Å². The summed E-state index contributed by atoms with van der Waals surface area (Å²) in [4.78, 5) is 14.2. The first-order valence-electron chi connectivity index (χ1n) is 6.79. The van der Waals surface area contributed by atoms with E-state index in [1.54, 1.807) is 12.2 Å². The minimum atomic E-state index is -3.77. The molecular formula is C15H14ClNO5S3. The van der Waals surface area contributed by atoms with Crippen molar-refractivity contribution in [2.24, 2.45) is 0 Å². The van der Waals surface area contributed by atoms with E-state index in [0.29, 0.717) is 21.3 Å². The first-order chi connectivity index (χ1) is 11.7. The summed E-state index contributed by atoms with van der Waals surface area (Å²) in [6.45, 7) is 3.92. The number of ether oxygens (including phenoxy) is 1. The predicted molar refractivity (Wildman–Crippen MR) is 104 cm³/mol. The third kappa shape index (κ3) is 4.75. The van der Waals surface area contributed by atoms with Crippen LogP contribution in [0.5, 0.6) is 11.5 Å². The smallest absolute Gasteiger partial charge is 0.306 e. The van der Waals surface area contributed by atoms with Crippen LogP contribution < -0.4 is 8.92 Å². The highest BCUT2D eigenvalue weighted by Gasteiger charge is 2.31. The summed E-state index contributed by atoms with van der Waals surface area (Å²) >= 11 is 12.4. The maximum absolute atomic E-state index is 12.3. The molecule has 1 aliphatic heterocycles. The fourth-order valence-corrected chi connectivity index (χ4v) is 4.05. The van der Waals surface area contributed by atoms with Crippen LogP contribution in [0.25, 0.3) is 6.08 Å². The molecule has 0 spiro atoms. The molecule has 1 aromatic carbocycles. The number of nitrogens with zero attached hydrogens (tertiary/aromatic N) is 1. The van der Waals surface area contributed by atoms with Crippen LogP contribution in [0.15, 0.2) is 29.7 Å². The van der Waals surface area contributed by atoms with Gasteiger partial charge in [-0.15, -0.1) is 6.58 Å². The van der Waals surface area contributed by atoms with Crippen LogP contribution in [0.2, 0.25) is 5.02 Å². The van der Waals surface area contributed by atoms with Crippen molar-refractivity contribution in [3.05, 3.63) is 40.3 Å². The largest absolute Gasteiger partial charge is 0.493 e. The van der Waals surface area contributed by atoms with Gasteiger partial charge in [0.1, 0.15) is 4.32 Å². The molecule has 1 fully saturated rings. The molecule has 1 heterocycles. The van der Waals surface area contributed by atoms with E-state index in [-0.39, 0.29) is 22.4 Å². The van der Waals surface area contributed by atoms with E-state index in [4.69, 9.17) is 32.7 Å². The average molecular weight is 420 g/mol. The lowest BCUT2D eigenvalue weighted by atomic mass is 10.2. The molecule has 1 aliphatic rings. The second kappa shape index (κ2) is 7.77. The van der Waals surface area contributed by atoms with Gasteiger partial charge in [-0.25, -0.2) is 0 Å². The molecule has 1 aromatic rings. The van der Waals surface area contributed by atoms with Crippen molar-refractivity contribution >= 4 is 62.0 Å². The maximum Gasteiger partial charge on any atom is 0.306 e. The molecular weight excluding hydrogens is 406 g/mol. The van der Waals surface area contributed by atoms with Crippen LogP contribution in [0.1, 0.15) is 5.56 Å². The number of hydrogen-bond acceptors (Lipinski definition) is 7. The van der Waals surface area contributed by atoms with Crippen molar-refractivity contribution in [2.45, 2.75) is 0 Å². The van der Waals surface area contributed by atoms with E-state index >= 15 is 0 Å². The SMILES string of the molecule is C=CCN1C(=O)/C(=C/c2cc(Cl)c(OS(C)(=O)=O)c(OC)c2)SC1=S. The monoisotopic (exact) mass is 419 g/mol. The first kappa shape index (κ1) is 19.8. The number of methoxy groups -OCH3 is 1. The van der Waals surface area contributed by atoms with Crippen LogP contribution in [-0.2, 0) is 14.9 Å². The van der Waals surface area contributed by atoms with Crippen LogP contribution in [0.4, 0.5) is 0 Å². The topological polar surface area (TPSA) is 72.9 Å². The molecule has 0 aliphatic carbocycles. The van der Waals surface area contributed by atoms with Gasteiger partial charge in [0.25, 0.3) is 5.91 Å². The van der Waals surface area contributed by atoms with E-state index in [2.05, 4.69) is 6.58 Å². The highest BCUT2D eigenvalue weighted by atomic mass is 35.5. The number of carbonyl (C=O) groups excluding carboxylic acids is 1. The van der Waals surface area contributed by atoms with Crippen molar-refractivity contribution in [3.63, 3.8) is 0 Å². The highest BCUT2D eigenvalue weighted by Crippen LogP contribution is 2.39. The maximum atomic E-state index is 12.3. The molecule has 0 atom stereocenters. The van der Waals surface area contributed by atoms with Crippen molar-refractivity contribution in [1.29, 1.82) is 0 Å². The van der Waals surface area contributed by atoms with Gasteiger partial charge in [-0.2, -0.15) is 8.42 Å². The molecule has 25 heavy (non-hydrogen) atoms. The number of thioether (sulfide) groups is 1. The zero-order chi connectivity index (χ0) is 18.8. The summed E-state index contributed by atoms with van der Waals surface area (Å²) in [5.74, 6) is -0.213. The number of thiocarbonyl (C=S) groups is 1. The second-order valence-electron chi connectivity index (χ2n) is 4.90. The number of halogens is 1. The molecule has 10 heteroatoms. The van der Waals surface area contributed by atoms with Gasteiger partial charge in [-0.1, -0.05) is 41.7 Å². The average Bonchev–Trinajstić information content (AvgIpc) is 2.76. The quantitative estimate of drug-likeness (QED) is 0.303. The number of amides is 1. The van der Waals surface area contributed by atoms with Gasteiger partial charge in [0.2, 0.25) is 5.75 Å². The standard InChI is InChI=1S/C15H14ClNO5S3/c1-4-5-17-14(18)12(24-15(17)23)8-9-6-10(16)13(11(7-9)21-2)22-25(3,19)20/h4,6-8H,1,5H2,2-3H3/b12-8-. The minimum Gasteiger partial charge on any atom is -0.493 e. The molecule has 1 saturated heterocycles. The predicted octanol–water partition coefficient (Wildman–Crippen LogP) is 3.07. The number of rotatable bonds is 6. The van der Waals surface area contributed by atoms with Crippen molar-refractivity contribution in [3.8, 4) is 11.5 Å². The van der Waals surface area contributed by atoms with E-state index in [1.807, 2.05) is 0 Å². The van der Waals surface area contributed by atoms with Crippen LogP contribution in [0.3, 0.4) is 0 Å². The second-order valence-corrected chi connectivity index (χ2v) is 8.56. The molecule has 2 rings (SSSR count). The summed E-state index contributed by atoms with van der Waals surface area (Å²) in [5, 5.41) is 0.0394. The van der Waals surface area contributed by atoms with Gasteiger partial charge in [-0.05, 0) is 23.8 Å². The van der Waals surface area contributed by atoms with Crippen LogP contribution in [-0.4, -0.2) is 43.5 Å². The molecule has 0 bridgehead atoms. The third-order valence-electron chi connectivity index (χ3n) is 2.97. The molecule has 0 aromatic heterocycles.